The molecular formula is C16H22N2O2. The second kappa shape index (κ2) is 6.68. The average Bonchev–Trinajstić information content (AvgIpc) is 2.88. The van der Waals surface area contributed by atoms with E-state index in [4.69, 9.17) is 4.74 Å². The van der Waals surface area contributed by atoms with Crippen LogP contribution in [0.25, 0.3) is 0 Å². The number of aromatic nitrogens is 2. The molecular weight excluding hydrogens is 252 g/mol. The van der Waals surface area contributed by atoms with Gasteiger partial charge in [-0.1, -0.05) is 24.3 Å². The summed E-state index contributed by atoms with van der Waals surface area (Å²) in [5.41, 5.74) is 2.92. The van der Waals surface area contributed by atoms with Crippen LogP contribution in [0.4, 0.5) is 0 Å². The normalized spacial score (nSPS) is 12.8. The first kappa shape index (κ1) is 14.8. The first-order chi connectivity index (χ1) is 9.60. The van der Waals surface area contributed by atoms with Crippen LogP contribution in [0.1, 0.15) is 42.8 Å². The maximum Gasteiger partial charge on any atom is 0.0846 e. The molecule has 0 spiro atoms. The van der Waals surface area contributed by atoms with Gasteiger partial charge in [0.1, 0.15) is 0 Å². The lowest BCUT2D eigenvalue weighted by Crippen LogP contribution is -2.05. The SMILES string of the molecule is COCc1ccc(C(O)Cc2ccn(C(C)C)n2)cc1. The topological polar surface area (TPSA) is 47.3 Å². The average molecular weight is 274 g/mol. The second-order valence-electron chi connectivity index (χ2n) is 5.28. The molecule has 1 unspecified atom stereocenters. The molecule has 1 aromatic carbocycles. The van der Waals surface area contributed by atoms with Crippen molar-refractivity contribution in [1.82, 2.24) is 9.78 Å². The first-order valence-electron chi connectivity index (χ1n) is 6.90. The van der Waals surface area contributed by atoms with Crippen LogP contribution in [-0.4, -0.2) is 22.0 Å². The number of methoxy groups -OCH3 is 1. The van der Waals surface area contributed by atoms with Crippen molar-refractivity contribution in [3.05, 3.63) is 53.3 Å². The maximum atomic E-state index is 10.3. The summed E-state index contributed by atoms with van der Waals surface area (Å²) >= 11 is 0. The van der Waals surface area contributed by atoms with Crippen LogP contribution < -0.4 is 0 Å². The van der Waals surface area contributed by atoms with Gasteiger partial charge in [-0.25, -0.2) is 0 Å². The second-order valence-corrected chi connectivity index (χ2v) is 5.28. The van der Waals surface area contributed by atoms with Crippen molar-refractivity contribution in [3.8, 4) is 0 Å². The molecule has 0 radical (unpaired) electrons. The predicted octanol–water partition coefficient (Wildman–Crippen LogP) is 2.89. The summed E-state index contributed by atoms with van der Waals surface area (Å²) in [5.74, 6) is 0. The highest BCUT2D eigenvalue weighted by atomic mass is 16.5. The van der Waals surface area contributed by atoms with E-state index in [9.17, 15) is 5.11 Å². The maximum absolute atomic E-state index is 10.3. The van der Waals surface area contributed by atoms with Gasteiger partial charge >= 0.3 is 0 Å². The molecule has 0 aliphatic heterocycles. The summed E-state index contributed by atoms with van der Waals surface area (Å²) in [5, 5.41) is 14.7. The third-order valence-electron chi connectivity index (χ3n) is 3.27. The summed E-state index contributed by atoms with van der Waals surface area (Å²) in [6.45, 7) is 4.76. The number of nitrogens with zero attached hydrogens (tertiary/aromatic N) is 2. The van der Waals surface area contributed by atoms with Crippen LogP contribution >= 0.6 is 0 Å². The Balaban J connectivity index is 2.01. The summed E-state index contributed by atoms with van der Waals surface area (Å²) in [6, 6.07) is 10.2. The quantitative estimate of drug-likeness (QED) is 0.881. The zero-order valence-corrected chi connectivity index (χ0v) is 12.3. The van der Waals surface area contributed by atoms with Crippen molar-refractivity contribution in [3.63, 3.8) is 0 Å². The van der Waals surface area contributed by atoms with Gasteiger partial charge in [-0.3, -0.25) is 4.68 Å². The molecule has 0 fully saturated rings. The molecule has 4 nitrogen and oxygen atoms in total. The van der Waals surface area contributed by atoms with Crippen LogP contribution in [0.15, 0.2) is 36.5 Å². The molecule has 0 saturated heterocycles. The smallest absolute Gasteiger partial charge is 0.0846 e. The number of hydrogen-bond donors (Lipinski definition) is 1. The fourth-order valence-electron chi connectivity index (χ4n) is 2.09. The molecule has 20 heavy (non-hydrogen) atoms. The summed E-state index contributed by atoms with van der Waals surface area (Å²) in [6.07, 6.45) is 1.96. The van der Waals surface area contributed by atoms with E-state index in [2.05, 4.69) is 18.9 Å². The van der Waals surface area contributed by atoms with Gasteiger partial charge in [-0.2, -0.15) is 5.10 Å². The molecule has 108 valence electrons. The third kappa shape index (κ3) is 3.68. The standard InChI is InChI=1S/C16H22N2O2/c1-12(2)18-9-8-15(17-18)10-16(19)14-6-4-13(5-7-14)11-20-3/h4-9,12,16,19H,10-11H2,1-3H3. The summed E-state index contributed by atoms with van der Waals surface area (Å²) < 4.78 is 6.98. The van der Waals surface area contributed by atoms with Gasteiger partial charge in [0.25, 0.3) is 0 Å². The van der Waals surface area contributed by atoms with E-state index in [1.807, 2.05) is 41.2 Å². The lowest BCUT2D eigenvalue weighted by atomic mass is 10.0. The van der Waals surface area contributed by atoms with E-state index >= 15 is 0 Å². The Morgan fingerprint density at radius 2 is 1.90 bits per heavy atom. The Kier molecular flexibility index (Phi) is 4.93. The molecule has 1 atom stereocenters. The van der Waals surface area contributed by atoms with E-state index in [0.717, 1.165) is 16.8 Å². The zero-order chi connectivity index (χ0) is 14.5. The van der Waals surface area contributed by atoms with Crippen molar-refractivity contribution in [2.24, 2.45) is 0 Å². The molecule has 2 aromatic rings. The molecule has 2 rings (SSSR count). The zero-order valence-electron chi connectivity index (χ0n) is 12.3. The fraction of sp³-hybridized carbons (Fsp3) is 0.438. The van der Waals surface area contributed by atoms with Gasteiger partial charge < -0.3 is 9.84 Å². The molecule has 1 heterocycles. The monoisotopic (exact) mass is 274 g/mol. The van der Waals surface area contributed by atoms with Crippen molar-refractivity contribution in [2.75, 3.05) is 7.11 Å². The van der Waals surface area contributed by atoms with Crippen molar-refractivity contribution >= 4 is 0 Å². The van der Waals surface area contributed by atoms with Gasteiger partial charge in [0.15, 0.2) is 0 Å². The lowest BCUT2D eigenvalue weighted by Gasteiger charge is -2.10. The molecule has 1 N–H and O–H groups in total. The first-order valence-corrected chi connectivity index (χ1v) is 6.90. The van der Waals surface area contributed by atoms with Crippen LogP contribution in [0.3, 0.4) is 0 Å². The number of hydrogen-bond acceptors (Lipinski definition) is 3. The highest BCUT2D eigenvalue weighted by Crippen LogP contribution is 2.19. The molecule has 1 aromatic heterocycles. The van der Waals surface area contributed by atoms with Crippen LogP contribution in [0, 0.1) is 0 Å². The molecule has 0 aliphatic rings. The number of rotatable bonds is 6. The fourth-order valence-corrected chi connectivity index (χ4v) is 2.09. The number of aliphatic hydroxyl groups is 1. The van der Waals surface area contributed by atoms with Crippen molar-refractivity contribution in [1.29, 1.82) is 0 Å². The molecule has 0 saturated carbocycles. The van der Waals surface area contributed by atoms with Gasteiger partial charge in [-0.05, 0) is 31.0 Å². The molecule has 0 aliphatic carbocycles. The number of benzene rings is 1. The van der Waals surface area contributed by atoms with E-state index in [1.54, 1.807) is 7.11 Å². The number of ether oxygens (including phenoxy) is 1. The Morgan fingerprint density at radius 1 is 1.20 bits per heavy atom. The van der Waals surface area contributed by atoms with Crippen molar-refractivity contribution < 1.29 is 9.84 Å². The van der Waals surface area contributed by atoms with Crippen LogP contribution in [-0.2, 0) is 17.8 Å². The van der Waals surface area contributed by atoms with E-state index in [-0.39, 0.29) is 0 Å². The van der Waals surface area contributed by atoms with Gasteiger partial charge in [0, 0.05) is 25.8 Å². The molecule has 4 heteroatoms. The minimum atomic E-state index is -0.526. The highest BCUT2D eigenvalue weighted by Gasteiger charge is 2.11. The van der Waals surface area contributed by atoms with Gasteiger partial charge in [0.2, 0.25) is 0 Å². The Morgan fingerprint density at radius 3 is 2.45 bits per heavy atom. The van der Waals surface area contributed by atoms with Gasteiger partial charge in [-0.15, -0.1) is 0 Å². The largest absolute Gasteiger partial charge is 0.388 e. The third-order valence-corrected chi connectivity index (χ3v) is 3.27. The van der Waals surface area contributed by atoms with Crippen LogP contribution in [0.5, 0.6) is 0 Å². The van der Waals surface area contributed by atoms with E-state index in [1.165, 1.54) is 0 Å². The highest BCUT2D eigenvalue weighted by molar-refractivity contribution is 5.24. The minimum absolute atomic E-state index is 0.342. The van der Waals surface area contributed by atoms with Gasteiger partial charge in [0.05, 0.1) is 18.4 Å². The van der Waals surface area contributed by atoms with E-state index < -0.39 is 6.10 Å². The lowest BCUT2D eigenvalue weighted by molar-refractivity contribution is 0.176. The Bertz CT molecular complexity index is 532. The summed E-state index contributed by atoms with van der Waals surface area (Å²) in [7, 11) is 1.67. The summed E-state index contributed by atoms with van der Waals surface area (Å²) in [4.78, 5) is 0. The number of aliphatic hydroxyl groups excluding tert-OH is 1. The van der Waals surface area contributed by atoms with E-state index in [0.29, 0.717) is 19.1 Å². The van der Waals surface area contributed by atoms with Crippen molar-refractivity contribution in [2.45, 2.75) is 39.0 Å². The minimum Gasteiger partial charge on any atom is -0.388 e. The molecule has 0 amide bonds. The predicted molar refractivity (Wildman–Crippen MR) is 78.4 cm³/mol. The Labute approximate surface area is 120 Å². The van der Waals surface area contributed by atoms with Crippen LogP contribution in [0.2, 0.25) is 0 Å². The molecule has 0 bridgehead atoms. The Hall–Kier alpha value is -1.65.